The van der Waals surface area contributed by atoms with Gasteiger partial charge >= 0.3 is 21.1 Å². The molecule has 0 aromatic rings. The van der Waals surface area contributed by atoms with Crippen molar-refractivity contribution in [2.75, 3.05) is 14.1 Å². The molecule has 2 N–H and O–H groups in total. The van der Waals surface area contributed by atoms with Crippen molar-refractivity contribution in [3.63, 3.8) is 0 Å². The van der Waals surface area contributed by atoms with Crippen molar-refractivity contribution in [2.24, 2.45) is 0 Å². The Morgan fingerprint density at radius 1 is 1.00 bits per heavy atom. The molecule has 0 bridgehead atoms. The molecule has 0 heterocycles. The van der Waals surface area contributed by atoms with Crippen LogP contribution in [0.5, 0.6) is 0 Å². The van der Waals surface area contributed by atoms with E-state index < -0.39 is 0 Å². The maximum Gasteiger partial charge on any atom is 2.00 e. The van der Waals surface area contributed by atoms with Crippen molar-refractivity contribution in [1.82, 2.24) is 11.0 Å². The van der Waals surface area contributed by atoms with Gasteiger partial charge in [0, 0.05) is 0 Å². The molecular weight excluding hydrogens is 279 g/mol. The van der Waals surface area contributed by atoms with Crippen LogP contribution in [0.4, 0.5) is 0 Å². The van der Waals surface area contributed by atoms with Crippen LogP contribution < -0.4 is 11.0 Å². The standard InChI is InChI=1S/2CH4NO.Pt/c2*1-2-3;/h2*2H,1H3;/q2*-1;+2. The van der Waals surface area contributed by atoms with Gasteiger partial charge in [-0.3, -0.25) is 0 Å². The molecule has 48 valence electrons. The first kappa shape index (κ1) is 15.6. The van der Waals surface area contributed by atoms with E-state index in [4.69, 9.17) is 10.4 Å². The predicted molar refractivity (Wildman–Crippen MR) is 24.9 cm³/mol. The Hall–Kier alpha value is 0.528. The summed E-state index contributed by atoms with van der Waals surface area (Å²) in [6.45, 7) is 0. The van der Waals surface area contributed by atoms with Crippen molar-refractivity contribution in [3.8, 4) is 0 Å². The molecule has 0 rings (SSSR count). The third kappa shape index (κ3) is 480. The normalized spacial score (nSPS) is 5.14. The fraction of sp³-hybridized carbons (Fsp3) is 1.00. The fourth-order valence-electron chi connectivity index (χ4n) is 0. The number of nitrogens with one attached hydrogen (secondary N) is 2. The van der Waals surface area contributed by atoms with E-state index in [1.165, 1.54) is 25.1 Å². The zero-order valence-corrected chi connectivity index (χ0v) is 6.40. The molecule has 4 nitrogen and oxygen atoms in total. The van der Waals surface area contributed by atoms with Gasteiger partial charge < -0.3 is 21.4 Å². The van der Waals surface area contributed by atoms with Crippen LogP contribution in [0.25, 0.3) is 0 Å². The van der Waals surface area contributed by atoms with E-state index in [-0.39, 0.29) is 21.1 Å². The maximum absolute atomic E-state index is 8.68. The van der Waals surface area contributed by atoms with Gasteiger partial charge in [-0.25, -0.2) is 0 Å². The quantitative estimate of drug-likeness (QED) is 0.584. The topological polar surface area (TPSA) is 70.2 Å². The van der Waals surface area contributed by atoms with Crippen molar-refractivity contribution < 1.29 is 21.1 Å². The van der Waals surface area contributed by atoms with Crippen LogP contribution in [0.15, 0.2) is 0 Å². The van der Waals surface area contributed by atoms with Gasteiger partial charge in [-0.2, -0.15) is 0 Å². The Balaban J connectivity index is -0.0000000400. The van der Waals surface area contributed by atoms with Crippen LogP contribution in [0.1, 0.15) is 0 Å². The van der Waals surface area contributed by atoms with E-state index in [1.54, 1.807) is 0 Å². The van der Waals surface area contributed by atoms with Crippen LogP contribution in [-0.2, 0) is 21.1 Å². The summed E-state index contributed by atoms with van der Waals surface area (Å²) in [4.78, 5) is 0. The monoisotopic (exact) mass is 287 g/mol. The minimum Gasteiger partial charge on any atom is -0.788 e. The number of rotatable bonds is 0. The van der Waals surface area contributed by atoms with E-state index in [0.717, 1.165) is 0 Å². The molecule has 0 unspecified atom stereocenters. The van der Waals surface area contributed by atoms with Gasteiger partial charge in [-0.15, -0.1) is 0 Å². The molecule has 0 aromatic carbocycles. The molecule has 0 aromatic heterocycles. The molecule has 0 amide bonds. The summed E-state index contributed by atoms with van der Waals surface area (Å²) in [5, 5.41) is 17.4. The molecule has 0 aliphatic carbocycles. The molecular formula is C2H8N2O2Pt. The Morgan fingerprint density at radius 3 is 1.00 bits per heavy atom. The average Bonchev–Trinajstić information content (AvgIpc) is 1.39. The van der Waals surface area contributed by atoms with Crippen LogP contribution in [0.2, 0.25) is 0 Å². The summed E-state index contributed by atoms with van der Waals surface area (Å²) in [5.74, 6) is 0. The van der Waals surface area contributed by atoms with Crippen molar-refractivity contribution in [1.29, 1.82) is 0 Å². The molecule has 5 heteroatoms. The number of hydrogen-bond donors (Lipinski definition) is 2. The molecule has 0 saturated heterocycles. The van der Waals surface area contributed by atoms with Gasteiger partial charge in [0.25, 0.3) is 0 Å². The fourth-order valence-corrected chi connectivity index (χ4v) is 0. The Morgan fingerprint density at radius 2 is 1.00 bits per heavy atom. The molecule has 0 saturated carbocycles. The molecule has 7 heavy (non-hydrogen) atoms. The van der Waals surface area contributed by atoms with E-state index in [0.29, 0.717) is 0 Å². The van der Waals surface area contributed by atoms with Gasteiger partial charge in [0.1, 0.15) is 0 Å². The summed E-state index contributed by atoms with van der Waals surface area (Å²) in [6, 6.07) is 0. The summed E-state index contributed by atoms with van der Waals surface area (Å²) >= 11 is 0. The van der Waals surface area contributed by atoms with E-state index in [2.05, 4.69) is 0 Å². The number of hydrogen-bond acceptors (Lipinski definition) is 4. The molecule has 0 spiro atoms. The first-order chi connectivity index (χ1) is 2.83. The molecule has 0 atom stereocenters. The minimum absolute atomic E-state index is 0. The summed E-state index contributed by atoms with van der Waals surface area (Å²) in [7, 11) is 2.64. The van der Waals surface area contributed by atoms with Crippen molar-refractivity contribution in [2.45, 2.75) is 0 Å². The smallest absolute Gasteiger partial charge is 0.788 e. The predicted octanol–water partition coefficient (Wildman–Crippen LogP) is -0.595. The Labute approximate surface area is 57.1 Å². The van der Waals surface area contributed by atoms with Crippen LogP contribution in [-0.4, -0.2) is 14.1 Å². The van der Waals surface area contributed by atoms with Crippen molar-refractivity contribution in [3.05, 3.63) is 10.4 Å². The minimum atomic E-state index is 0. The van der Waals surface area contributed by atoms with Crippen molar-refractivity contribution >= 4 is 0 Å². The zero-order chi connectivity index (χ0) is 5.41. The van der Waals surface area contributed by atoms with Gasteiger partial charge in [0.15, 0.2) is 0 Å². The van der Waals surface area contributed by atoms with Crippen LogP contribution >= 0.6 is 0 Å². The van der Waals surface area contributed by atoms with Gasteiger partial charge in [-0.1, -0.05) is 0 Å². The third-order valence-electron chi connectivity index (χ3n) is 0. The summed E-state index contributed by atoms with van der Waals surface area (Å²) in [6.07, 6.45) is 0. The van der Waals surface area contributed by atoms with E-state index in [1.807, 2.05) is 0 Å². The second kappa shape index (κ2) is 31.2. The summed E-state index contributed by atoms with van der Waals surface area (Å²) in [5.41, 5.74) is 3.00. The van der Waals surface area contributed by atoms with Gasteiger partial charge in [0.05, 0.1) is 0 Å². The second-order valence-corrected chi connectivity index (χ2v) is 0.408. The largest absolute Gasteiger partial charge is 2.00 e. The second-order valence-electron chi connectivity index (χ2n) is 0.408. The van der Waals surface area contributed by atoms with Gasteiger partial charge in [-0.05, 0) is 14.1 Å². The molecule has 0 radical (unpaired) electrons. The first-order valence-electron chi connectivity index (χ1n) is 1.41. The molecule has 0 aliphatic rings. The zero-order valence-electron chi connectivity index (χ0n) is 4.13. The Bertz CT molecular complexity index is 15.7. The van der Waals surface area contributed by atoms with Gasteiger partial charge in [0.2, 0.25) is 0 Å². The van der Waals surface area contributed by atoms with E-state index in [9.17, 15) is 0 Å². The van der Waals surface area contributed by atoms with E-state index >= 15 is 0 Å². The number of hydroxylamine groups is 2. The molecule has 0 fully saturated rings. The maximum atomic E-state index is 8.68. The summed E-state index contributed by atoms with van der Waals surface area (Å²) < 4.78 is 0. The van der Waals surface area contributed by atoms with Crippen LogP contribution in [0, 0.1) is 10.4 Å². The average molecular weight is 287 g/mol. The first-order valence-corrected chi connectivity index (χ1v) is 1.41. The van der Waals surface area contributed by atoms with Crippen LogP contribution in [0.3, 0.4) is 0 Å². The Kier molecular flexibility index (Phi) is 69.8. The SMILES string of the molecule is CN[O-].CN[O-].[Pt+2]. The molecule has 0 aliphatic heterocycles. The third-order valence-corrected chi connectivity index (χ3v) is 0.